The molecule has 1 aliphatic rings. The standard InChI is InChI=1S/C16H25N3S/c1-4-19-10-6-8-14(19)11-17-16(20)18-15-9-5-7-12(2)13(15)3/h5,7,9,14H,4,6,8,10-11H2,1-3H3,(H2,17,18,20)/t14-/m1/s1. The molecule has 1 fully saturated rings. The van der Waals surface area contributed by atoms with E-state index in [1.54, 1.807) is 0 Å². The van der Waals surface area contributed by atoms with Crippen LogP contribution in [0.3, 0.4) is 0 Å². The molecule has 0 unspecified atom stereocenters. The Hall–Kier alpha value is -1.13. The second-order valence-corrected chi connectivity index (χ2v) is 5.92. The number of hydrogen-bond donors (Lipinski definition) is 2. The number of hydrogen-bond acceptors (Lipinski definition) is 2. The monoisotopic (exact) mass is 291 g/mol. The zero-order valence-electron chi connectivity index (χ0n) is 12.7. The summed E-state index contributed by atoms with van der Waals surface area (Å²) in [6.07, 6.45) is 2.57. The molecule has 1 atom stereocenters. The van der Waals surface area contributed by atoms with Gasteiger partial charge in [0, 0.05) is 18.3 Å². The van der Waals surface area contributed by atoms with Crippen molar-refractivity contribution in [3.05, 3.63) is 29.3 Å². The molecular weight excluding hydrogens is 266 g/mol. The largest absolute Gasteiger partial charge is 0.361 e. The zero-order chi connectivity index (χ0) is 14.5. The van der Waals surface area contributed by atoms with Crippen molar-refractivity contribution in [1.29, 1.82) is 0 Å². The zero-order valence-corrected chi connectivity index (χ0v) is 13.5. The lowest BCUT2D eigenvalue weighted by atomic mass is 10.1. The third-order valence-corrected chi connectivity index (χ3v) is 4.50. The summed E-state index contributed by atoms with van der Waals surface area (Å²) >= 11 is 5.41. The molecule has 1 saturated heterocycles. The molecule has 0 aromatic heterocycles. The van der Waals surface area contributed by atoms with Gasteiger partial charge in [0.1, 0.15) is 0 Å². The molecule has 0 radical (unpaired) electrons. The van der Waals surface area contributed by atoms with Crippen LogP contribution in [0.4, 0.5) is 5.69 Å². The molecule has 0 aliphatic carbocycles. The molecule has 0 amide bonds. The molecule has 0 spiro atoms. The molecule has 1 aromatic carbocycles. The van der Waals surface area contributed by atoms with Gasteiger partial charge < -0.3 is 10.6 Å². The first-order valence-electron chi connectivity index (χ1n) is 7.47. The molecule has 1 heterocycles. The Morgan fingerprint density at radius 2 is 2.20 bits per heavy atom. The number of anilines is 1. The lowest BCUT2D eigenvalue weighted by Gasteiger charge is -2.24. The van der Waals surface area contributed by atoms with Crippen molar-refractivity contribution in [2.75, 3.05) is 25.0 Å². The fourth-order valence-corrected chi connectivity index (χ4v) is 3.00. The Balaban J connectivity index is 1.85. The van der Waals surface area contributed by atoms with E-state index in [0.717, 1.165) is 23.9 Å². The minimum Gasteiger partial charge on any atom is -0.361 e. The Morgan fingerprint density at radius 3 is 2.95 bits per heavy atom. The molecule has 1 aromatic rings. The maximum Gasteiger partial charge on any atom is 0.170 e. The molecule has 4 heteroatoms. The fourth-order valence-electron chi connectivity index (χ4n) is 2.81. The molecule has 2 rings (SSSR count). The van der Waals surface area contributed by atoms with Gasteiger partial charge in [-0.3, -0.25) is 4.90 Å². The predicted molar refractivity (Wildman–Crippen MR) is 90.4 cm³/mol. The molecule has 3 nitrogen and oxygen atoms in total. The highest BCUT2D eigenvalue weighted by atomic mass is 32.1. The molecule has 0 saturated carbocycles. The van der Waals surface area contributed by atoms with Crippen molar-refractivity contribution >= 4 is 23.0 Å². The topological polar surface area (TPSA) is 27.3 Å². The number of nitrogens with one attached hydrogen (secondary N) is 2. The van der Waals surface area contributed by atoms with Crippen LogP contribution in [0.25, 0.3) is 0 Å². The van der Waals surface area contributed by atoms with Gasteiger partial charge in [0.25, 0.3) is 0 Å². The van der Waals surface area contributed by atoms with Crippen molar-refractivity contribution in [2.24, 2.45) is 0 Å². The first-order valence-corrected chi connectivity index (χ1v) is 7.87. The third kappa shape index (κ3) is 3.70. The molecule has 2 N–H and O–H groups in total. The summed E-state index contributed by atoms with van der Waals surface area (Å²) in [6.45, 7) is 9.75. The molecule has 1 aliphatic heterocycles. The quantitative estimate of drug-likeness (QED) is 0.834. The summed E-state index contributed by atoms with van der Waals surface area (Å²) in [7, 11) is 0. The smallest absolute Gasteiger partial charge is 0.170 e. The summed E-state index contributed by atoms with van der Waals surface area (Å²) in [5.74, 6) is 0. The van der Waals surface area contributed by atoms with Crippen LogP contribution in [0.1, 0.15) is 30.9 Å². The van der Waals surface area contributed by atoms with Crippen LogP contribution >= 0.6 is 12.2 Å². The third-order valence-electron chi connectivity index (χ3n) is 4.26. The van der Waals surface area contributed by atoms with E-state index >= 15 is 0 Å². The summed E-state index contributed by atoms with van der Waals surface area (Å²) in [6, 6.07) is 6.88. The van der Waals surface area contributed by atoms with Gasteiger partial charge >= 0.3 is 0 Å². The summed E-state index contributed by atoms with van der Waals surface area (Å²) < 4.78 is 0. The van der Waals surface area contributed by atoms with Crippen molar-refractivity contribution in [2.45, 2.75) is 39.7 Å². The highest BCUT2D eigenvalue weighted by molar-refractivity contribution is 7.80. The maximum atomic E-state index is 5.41. The second kappa shape index (κ2) is 7.04. The molecule has 20 heavy (non-hydrogen) atoms. The Bertz CT molecular complexity index is 473. The van der Waals surface area contributed by atoms with Crippen LogP contribution in [-0.4, -0.2) is 35.7 Å². The first kappa shape index (κ1) is 15.3. The summed E-state index contributed by atoms with van der Waals surface area (Å²) in [5.41, 5.74) is 3.64. The number of benzene rings is 1. The van der Waals surface area contributed by atoms with Gasteiger partial charge in [-0.2, -0.15) is 0 Å². The van der Waals surface area contributed by atoms with E-state index < -0.39 is 0 Å². The van der Waals surface area contributed by atoms with Gasteiger partial charge in [0.15, 0.2) is 5.11 Å². The Labute approximate surface area is 127 Å². The number of rotatable bonds is 4. The van der Waals surface area contributed by atoms with Gasteiger partial charge in [0.2, 0.25) is 0 Å². The van der Waals surface area contributed by atoms with E-state index in [2.05, 4.69) is 54.5 Å². The van der Waals surface area contributed by atoms with Crippen molar-refractivity contribution in [1.82, 2.24) is 10.2 Å². The summed E-state index contributed by atoms with van der Waals surface area (Å²) in [5, 5.41) is 7.40. The van der Waals surface area contributed by atoms with E-state index in [-0.39, 0.29) is 0 Å². The SMILES string of the molecule is CCN1CCC[C@@H]1CNC(=S)Nc1cccc(C)c1C. The highest BCUT2D eigenvalue weighted by Gasteiger charge is 2.22. The fraction of sp³-hybridized carbons (Fsp3) is 0.562. The molecule has 110 valence electrons. The van der Waals surface area contributed by atoms with E-state index in [9.17, 15) is 0 Å². The van der Waals surface area contributed by atoms with E-state index in [4.69, 9.17) is 12.2 Å². The van der Waals surface area contributed by atoms with Gasteiger partial charge in [-0.25, -0.2) is 0 Å². The van der Waals surface area contributed by atoms with Crippen LogP contribution < -0.4 is 10.6 Å². The van der Waals surface area contributed by atoms with E-state index in [1.807, 2.05) is 0 Å². The van der Waals surface area contributed by atoms with Crippen LogP contribution in [0, 0.1) is 13.8 Å². The van der Waals surface area contributed by atoms with Crippen LogP contribution in [0.15, 0.2) is 18.2 Å². The predicted octanol–water partition coefficient (Wildman–Crippen LogP) is 3.07. The van der Waals surface area contributed by atoms with Gasteiger partial charge in [0.05, 0.1) is 0 Å². The normalized spacial score (nSPS) is 19.1. The first-order chi connectivity index (χ1) is 9.61. The summed E-state index contributed by atoms with van der Waals surface area (Å²) in [4.78, 5) is 2.52. The molecule has 0 bridgehead atoms. The lowest BCUT2D eigenvalue weighted by Crippen LogP contribution is -2.41. The number of likely N-dealkylation sites (tertiary alicyclic amines) is 1. The van der Waals surface area contributed by atoms with Crippen molar-refractivity contribution < 1.29 is 0 Å². The highest BCUT2D eigenvalue weighted by Crippen LogP contribution is 2.18. The molecular formula is C16H25N3S. The van der Waals surface area contributed by atoms with E-state index in [1.165, 1.54) is 30.5 Å². The Kier molecular flexibility index (Phi) is 5.38. The second-order valence-electron chi connectivity index (χ2n) is 5.51. The van der Waals surface area contributed by atoms with Gasteiger partial charge in [-0.15, -0.1) is 0 Å². The van der Waals surface area contributed by atoms with Crippen molar-refractivity contribution in [3.8, 4) is 0 Å². The van der Waals surface area contributed by atoms with Crippen molar-refractivity contribution in [3.63, 3.8) is 0 Å². The lowest BCUT2D eigenvalue weighted by molar-refractivity contribution is 0.267. The average Bonchev–Trinajstić information content (AvgIpc) is 2.89. The van der Waals surface area contributed by atoms with Crippen LogP contribution in [0.2, 0.25) is 0 Å². The number of nitrogens with zero attached hydrogens (tertiary/aromatic N) is 1. The minimum absolute atomic E-state index is 0.623. The number of likely N-dealkylation sites (N-methyl/N-ethyl adjacent to an activating group) is 1. The Morgan fingerprint density at radius 1 is 1.40 bits per heavy atom. The van der Waals surface area contributed by atoms with Crippen LogP contribution in [-0.2, 0) is 0 Å². The minimum atomic E-state index is 0.623. The number of aryl methyl sites for hydroxylation is 1. The number of thiocarbonyl (C=S) groups is 1. The van der Waals surface area contributed by atoms with Crippen LogP contribution in [0.5, 0.6) is 0 Å². The average molecular weight is 291 g/mol. The van der Waals surface area contributed by atoms with E-state index in [0.29, 0.717) is 6.04 Å². The van der Waals surface area contributed by atoms with Gasteiger partial charge in [-0.1, -0.05) is 19.1 Å². The maximum absolute atomic E-state index is 5.41. The van der Waals surface area contributed by atoms with Gasteiger partial charge in [-0.05, 0) is 69.2 Å².